The number of aromatic amines is 1. The summed E-state index contributed by atoms with van der Waals surface area (Å²) in [6.07, 6.45) is 0.792. The minimum absolute atomic E-state index is 0.630. The number of imidazole rings is 1. The Morgan fingerprint density at radius 3 is 2.29 bits per heavy atom. The van der Waals surface area contributed by atoms with Crippen LogP contribution in [0.25, 0.3) is 38.4 Å². The van der Waals surface area contributed by atoms with Crippen molar-refractivity contribution in [1.29, 1.82) is 5.26 Å². The fourth-order valence-corrected chi connectivity index (χ4v) is 4.29. The van der Waals surface area contributed by atoms with E-state index in [1.807, 2.05) is 42.5 Å². The smallest absolute Gasteiger partial charge is 0.187 e. The van der Waals surface area contributed by atoms with Gasteiger partial charge in [0, 0.05) is 12.0 Å². The van der Waals surface area contributed by atoms with Gasteiger partial charge >= 0.3 is 0 Å². The summed E-state index contributed by atoms with van der Waals surface area (Å²) in [4.78, 5) is 16.5. The Kier molecular flexibility index (Phi) is 4.54. The van der Waals surface area contributed by atoms with Crippen LogP contribution in [0.5, 0.6) is 0 Å². The van der Waals surface area contributed by atoms with Crippen molar-refractivity contribution in [3.8, 4) is 28.6 Å². The maximum absolute atomic E-state index is 9.01. The summed E-state index contributed by atoms with van der Waals surface area (Å²) in [5.41, 5.74) is 10.5. The lowest BCUT2D eigenvalue weighted by Gasteiger charge is -2.04. The topological polar surface area (TPSA) is 69.2 Å². The van der Waals surface area contributed by atoms with Crippen LogP contribution in [0, 0.1) is 17.9 Å². The van der Waals surface area contributed by atoms with E-state index in [9.17, 15) is 0 Å². The second-order valence-corrected chi connectivity index (χ2v) is 8.24. The molecule has 1 aromatic heterocycles. The van der Waals surface area contributed by atoms with Crippen molar-refractivity contribution < 1.29 is 0 Å². The molecular formula is C29H17N5. The molecule has 2 heterocycles. The Morgan fingerprint density at radius 1 is 0.824 bits per heavy atom. The molecule has 0 radical (unpaired) electrons. The van der Waals surface area contributed by atoms with Crippen LogP contribution in [0.15, 0.2) is 89.9 Å². The fraction of sp³-hybridized carbons (Fsp3) is 0.0345. The summed E-state index contributed by atoms with van der Waals surface area (Å²) >= 11 is 0. The summed E-state index contributed by atoms with van der Waals surface area (Å²) in [6, 6.07) is 29.8. The van der Waals surface area contributed by atoms with Crippen LogP contribution in [-0.2, 0) is 6.42 Å². The number of nitrogens with one attached hydrogen (secondary N) is 1. The minimum atomic E-state index is 0.630. The van der Waals surface area contributed by atoms with Gasteiger partial charge in [-0.1, -0.05) is 42.5 Å². The van der Waals surface area contributed by atoms with Gasteiger partial charge in [-0.15, -0.1) is 0 Å². The van der Waals surface area contributed by atoms with Crippen LogP contribution in [0.3, 0.4) is 0 Å². The first-order chi connectivity index (χ1) is 16.7. The van der Waals surface area contributed by atoms with E-state index < -0.39 is 0 Å². The molecule has 0 unspecified atom stereocenters. The SMILES string of the molecule is [C-]#[N+]c1ccc(C2=Nc3cc(-c4ccc5nc(-c6ccc(C#N)cc6)[nH]c5c4)ccc3C2)cc1. The first kappa shape index (κ1) is 19.7. The number of rotatable bonds is 3. The predicted octanol–water partition coefficient (Wildman–Crippen LogP) is 7.00. The third-order valence-electron chi connectivity index (χ3n) is 6.13. The second kappa shape index (κ2) is 7.85. The summed E-state index contributed by atoms with van der Waals surface area (Å²) in [6.45, 7) is 7.12. The first-order valence-electron chi connectivity index (χ1n) is 10.9. The molecule has 34 heavy (non-hydrogen) atoms. The van der Waals surface area contributed by atoms with Gasteiger partial charge in [0.05, 0.1) is 40.6 Å². The van der Waals surface area contributed by atoms with E-state index in [0.29, 0.717) is 11.3 Å². The molecule has 1 aliphatic rings. The molecular weight excluding hydrogens is 418 g/mol. The van der Waals surface area contributed by atoms with Gasteiger partial charge in [0.2, 0.25) is 0 Å². The quantitative estimate of drug-likeness (QED) is 0.310. The standard InChI is InChI=1S/C29H17N5/c1-31-24-11-8-19(9-12-24)26-16-23-7-6-21(14-27(23)32-26)22-10-13-25-28(15-22)34-29(33-25)20-4-2-18(17-30)3-5-20/h2-15H,16H2,(H,33,34). The van der Waals surface area contributed by atoms with Gasteiger partial charge in [-0.2, -0.15) is 5.26 Å². The number of aromatic nitrogens is 2. The maximum Gasteiger partial charge on any atom is 0.187 e. The largest absolute Gasteiger partial charge is 0.338 e. The molecule has 1 aliphatic heterocycles. The molecule has 5 heteroatoms. The number of fused-ring (bicyclic) bond motifs is 2. The van der Waals surface area contributed by atoms with Gasteiger partial charge in [0.15, 0.2) is 5.69 Å². The van der Waals surface area contributed by atoms with Crippen molar-refractivity contribution in [2.75, 3.05) is 0 Å². The Morgan fingerprint density at radius 2 is 1.53 bits per heavy atom. The Labute approximate surface area is 196 Å². The van der Waals surface area contributed by atoms with Gasteiger partial charge in [-0.25, -0.2) is 9.83 Å². The number of nitrogens with zero attached hydrogens (tertiary/aromatic N) is 4. The van der Waals surface area contributed by atoms with Crippen molar-refractivity contribution in [1.82, 2.24) is 9.97 Å². The fourth-order valence-electron chi connectivity index (χ4n) is 4.29. The number of hydrogen-bond acceptors (Lipinski definition) is 3. The molecule has 0 saturated carbocycles. The highest BCUT2D eigenvalue weighted by molar-refractivity contribution is 6.07. The van der Waals surface area contributed by atoms with Crippen molar-refractivity contribution in [2.45, 2.75) is 6.42 Å². The molecule has 0 fully saturated rings. The summed E-state index contributed by atoms with van der Waals surface area (Å²) in [5, 5.41) is 9.01. The van der Waals surface area contributed by atoms with Crippen LogP contribution in [0.1, 0.15) is 16.7 Å². The summed E-state index contributed by atoms with van der Waals surface area (Å²) in [5.74, 6) is 0.782. The van der Waals surface area contributed by atoms with Crippen LogP contribution in [-0.4, -0.2) is 15.7 Å². The van der Waals surface area contributed by atoms with Crippen molar-refractivity contribution in [3.05, 3.63) is 113 Å². The van der Waals surface area contributed by atoms with Crippen molar-refractivity contribution in [3.63, 3.8) is 0 Å². The number of hydrogen-bond donors (Lipinski definition) is 1. The Hall–Kier alpha value is -5.00. The monoisotopic (exact) mass is 435 g/mol. The van der Waals surface area contributed by atoms with E-state index in [-0.39, 0.29) is 0 Å². The molecule has 5 aromatic rings. The average Bonchev–Trinajstić information content (AvgIpc) is 3.52. The summed E-state index contributed by atoms with van der Waals surface area (Å²) in [7, 11) is 0. The first-order valence-corrected chi connectivity index (χ1v) is 10.9. The minimum Gasteiger partial charge on any atom is -0.338 e. The normalized spacial score (nSPS) is 12.1. The van der Waals surface area contributed by atoms with Crippen LogP contribution < -0.4 is 0 Å². The highest BCUT2D eigenvalue weighted by Crippen LogP contribution is 2.34. The molecule has 6 rings (SSSR count). The molecule has 4 aromatic carbocycles. The van der Waals surface area contributed by atoms with Gasteiger partial charge < -0.3 is 4.98 Å². The van der Waals surface area contributed by atoms with Gasteiger partial charge in [-0.3, -0.25) is 4.99 Å². The number of aliphatic imine (C=N–C) groups is 1. The van der Waals surface area contributed by atoms with Gasteiger partial charge in [0.25, 0.3) is 0 Å². The molecule has 0 spiro atoms. The van der Waals surface area contributed by atoms with Crippen LogP contribution in [0.4, 0.5) is 11.4 Å². The van der Waals surface area contributed by atoms with Crippen LogP contribution in [0.2, 0.25) is 0 Å². The molecule has 0 saturated heterocycles. The predicted molar refractivity (Wildman–Crippen MR) is 134 cm³/mol. The lowest BCUT2D eigenvalue weighted by Crippen LogP contribution is -1.99. The van der Waals surface area contributed by atoms with E-state index in [1.54, 1.807) is 12.1 Å². The zero-order valence-electron chi connectivity index (χ0n) is 18.1. The molecule has 0 aliphatic carbocycles. The van der Waals surface area contributed by atoms with E-state index in [0.717, 1.165) is 56.9 Å². The molecule has 5 nitrogen and oxygen atoms in total. The van der Waals surface area contributed by atoms with Crippen molar-refractivity contribution in [2.24, 2.45) is 4.99 Å². The van der Waals surface area contributed by atoms with E-state index in [4.69, 9.17) is 21.8 Å². The average molecular weight is 435 g/mol. The van der Waals surface area contributed by atoms with E-state index in [2.05, 4.69) is 46.2 Å². The molecule has 0 amide bonds. The van der Waals surface area contributed by atoms with Crippen LogP contribution >= 0.6 is 0 Å². The molecule has 0 atom stereocenters. The van der Waals surface area contributed by atoms with Gasteiger partial charge in [0.1, 0.15) is 5.82 Å². The maximum atomic E-state index is 9.01. The van der Waals surface area contributed by atoms with E-state index in [1.165, 1.54) is 5.56 Å². The Bertz CT molecular complexity index is 1670. The summed E-state index contributed by atoms with van der Waals surface area (Å²) < 4.78 is 0. The van der Waals surface area contributed by atoms with E-state index >= 15 is 0 Å². The second-order valence-electron chi connectivity index (χ2n) is 8.24. The third-order valence-corrected chi connectivity index (χ3v) is 6.13. The number of H-pyrrole nitrogens is 1. The molecule has 1 N–H and O–H groups in total. The lowest BCUT2D eigenvalue weighted by molar-refractivity contribution is 1.33. The highest BCUT2D eigenvalue weighted by atomic mass is 14.9. The highest BCUT2D eigenvalue weighted by Gasteiger charge is 2.17. The zero-order valence-corrected chi connectivity index (χ0v) is 18.1. The molecule has 0 bridgehead atoms. The number of benzene rings is 4. The van der Waals surface area contributed by atoms with Crippen molar-refractivity contribution >= 4 is 28.1 Å². The molecule has 158 valence electrons. The third kappa shape index (κ3) is 3.43. The zero-order chi connectivity index (χ0) is 23.1. The van der Waals surface area contributed by atoms with Gasteiger partial charge in [-0.05, 0) is 64.7 Å². The number of nitriles is 1. The lowest BCUT2D eigenvalue weighted by atomic mass is 10.00. The Balaban J connectivity index is 1.32.